The molecule has 0 atom stereocenters. The molecule has 0 aliphatic carbocycles. The zero-order valence-corrected chi connectivity index (χ0v) is 13.9. The van der Waals surface area contributed by atoms with Gasteiger partial charge >= 0.3 is 11.8 Å². The van der Waals surface area contributed by atoms with Gasteiger partial charge in [-0.15, -0.1) is 0 Å². The van der Waals surface area contributed by atoms with Crippen LogP contribution in [0.15, 0.2) is 42.5 Å². The van der Waals surface area contributed by atoms with Crippen molar-refractivity contribution in [3.8, 4) is 0 Å². The fourth-order valence-corrected chi connectivity index (χ4v) is 3.00. The molecule has 0 spiro atoms. The Hall–Kier alpha value is -2.40. The molecule has 2 aromatic rings. The van der Waals surface area contributed by atoms with Crippen LogP contribution >= 0.6 is 11.6 Å². The van der Waals surface area contributed by atoms with Crippen LogP contribution in [0.5, 0.6) is 0 Å². The summed E-state index contributed by atoms with van der Waals surface area (Å²) in [5.41, 5.74) is 2.30. The molecule has 24 heavy (non-hydrogen) atoms. The first-order chi connectivity index (χ1) is 11.5. The summed E-state index contributed by atoms with van der Waals surface area (Å²) in [4.78, 5) is 27.8. The van der Waals surface area contributed by atoms with Gasteiger partial charge in [0.25, 0.3) is 0 Å². The summed E-state index contributed by atoms with van der Waals surface area (Å²) >= 11 is 6.00. The number of hydrogen-bond acceptors (Lipinski definition) is 2. The van der Waals surface area contributed by atoms with Gasteiger partial charge in [-0.05, 0) is 36.2 Å². The summed E-state index contributed by atoms with van der Waals surface area (Å²) in [7, 11) is 0. The maximum Gasteiger partial charge on any atom is 0.316 e. The van der Waals surface area contributed by atoms with E-state index in [1.54, 1.807) is 0 Å². The number of carbonyl (C=O) groups is 2. The highest BCUT2D eigenvalue weighted by atomic mass is 35.5. The summed E-state index contributed by atoms with van der Waals surface area (Å²) in [5, 5.41) is 0.247. The van der Waals surface area contributed by atoms with Gasteiger partial charge < -0.3 is 9.80 Å². The molecule has 1 saturated heterocycles. The van der Waals surface area contributed by atoms with Gasteiger partial charge in [0.05, 0.1) is 0 Å². The van der Waals surface area contributed by atoms with Crippen LogP contribution in [0.2, 0.25) is 5.02 Å². The maximum absolute atomic E-state index is 13.1. The molecule has 2 aromatic carbocycles. The molecule has 6 heteroatoms. The topological polar surface area (TPSA) is 40.6 Å². The number of hydrogen-bond donors (Lipinski definition) is 0. The number of piperazine rings is 1. The molecule has 1 heterocycles. The van der Waals surface area contributed by atoms with Crippen molar-refractivity contribution in [3.05, 3.63) is 64.4 Å². The van der Waals surface area contributed by atoms with Gasteiger partial charge in [0.1, 0.15) is 5.82 Å². The normalized spacial score (nSPS) is 15.1. The van der Waals surface area contributed by atoms with Crippen LogP contribution in [0, 0.1) is 12.7 Å². The van der Waals surface area contributed by atoms with E-state index >= 15 is 0 Å². The Balaban J connectivity index is 1.78. The van der Waals surface area contributed by atoms with Crippen LogP contribution in [-0.2, 0) is 16.1 Å². The number of rotatable bonds is 3. The molecule has 0 N–H and O–H groups in total. The average molecular weight is 347 g/mol. The number of carbonyl (C=O) groups excluding carboxylic acids is 2. The minimum Gasteiger partial charge on any atom is -0.328 e. The van der Waals surface area contributed by atoms with Crippen LogP contribution in [0.4, 0.5) is 10.1 Å². The predicted octanol–water partition coefficient (Wildman–Crippen LogP) is 3.16. The Morgan fingerprint density at radius 1 is 1.08 bits per heavy atom. The quantitative estimate of drug-likeness (QED) is 0.801. The minimum absolute atomic E-state index is 0.186. The van der Waals surface area contributed by atoms with Crippen molar-refractivity contribution in [1.82, 2.24) is 4.90 Å². The van der Waals surface area contributed by atoms with Gasteiger partial charge in [-0.25, -0.2) is 4.39 Å². The number of halogens is 2. The Morgan fingerprint density at radius 3 is 2.54 bits per heavy atom. The van der Waals surface area contributed by atoms with Crippen LogP contribution in [0.25, 0.3) is 0 Å². The van der Waals surface area contributed by atoms with Crippen molar-refractivity contribution in [2.24, 2.45) is 0 Å². The highest BCUT2D eigenvalue weighted by Gasteiger charge is 2.34. The van der Waals surface area contributed by atoms with Crippen LogP contribution in [0.1, 0.15) is 11.1 Å². The lowest BCUT2D eigenvalue weighted by Crippen LogP contribution is -2.54. The third-order valence-corrected chi connectivity index (χ3v) is 4.44. The molecule has 124 valence electrons. The second-order valence-corrected chi connectivity index (χ2v) is 6.11. The van der Waals surface area contributed by atoms with Gasteiger partial charge in [-0.2, -0.15) is 0 Å². The summed E-state index contributed by atoms with van der Waals surface area (Å²) in [6, 6.07) is 11.5. The second-order valence-electron chi connectivity index (χ2n) is 5.71. The van der Waals surface area contributed by atoms with Crippen molar-refractivity contribution in [2.45, 2.75) is 13.5 Å². The summed E-state index contributed by atoms with van der Waals surface area (Å²) in [6.45, 7) is 2.89. The monoisotopic (exact) mass is 346 g/mol. The first-order valence-corrected chi connectivity index (χ1v) is 7.95. The molecule has 4 nitrogen and oxygen atoms in total. The average Bonchev–Trinajstić information content (AvgIpc) is 2.55. The van der Waals surface area contributed by atoms with E-state index in [1.165, 1.54) is 28.0 Å². The summed E-state index contributed by atoms with van der Waals surface area (Å²) < 4.78 is 13.1. The van der Waals surface area contributed by atoms with E-state index in [-0.39, 0.29) is 11.6 Å². The van der Waals surface area contributed by atoms with Crippen LogP contribution in [-0.4, -0.2) is 29.8 Å². The fraction of sp³-hybridized carbons (Fsp3) is 0.222. The molecule has 0 aromatic heterocycles. The lowest BCUT2D eigenvalue weighted by atomic mass is 10.1. The number of aryl methyl sites for hydroxylation is 1. The standard InChI is InChI=1S/C18H16ClFN2O2/c1-12-4-2-3-5-16(12)22-9-8-21(17(23)18(22)24)11-13-6-7-14(20)10-15(13)19/h2-7,10H,8-9,11H2,1H3. The van der Waals surface area contributed by atoms with Gasteiger partial charge in [-0.3, -0.25) is 9.59 Å². The van der Waals surface area contributed by atoms with Crippen molar-refractivity contribution >= 4 is 29.1 Å². The van der Waals surface area contributed by atoms with Crippen LogP contribution in [0.3, 0.4) is 0 Å². The zero-order valence-electron chi connectivity index (χ0n) is 13.1. The number of amides is 2. The van der Waals surface area contributed by atoms with Crippen molar-refractivity contribution in [2.75, 3.05) is 18.0 Å². The molecule has 0 radical (unpaired) electrons. The molecule has 0 unspecified atom stereocenters. The first kappa shape index (κ1) is 16.5. The molecular formula is C18H16ClFN2O2. The summed E-state index contributed by atoms with van der Waals surface area (Å²) in [5.74, 6) is -1.57. The van der Waals surface area contributed by atoms with E-state index in [2.05, 4.69) is 0 Å². The van der Waals surface area contributed by atoms with Crippen molar-refractivity contribution < 1.29 is 14.0 Å². The molecule has 3 rings (SSSR count). The third kappa shape index (κ3) is 3.12. The van der Waals surface area contributed by atoms with Gasteiger partial charge in [0.15, 0.2) is 0 Å². The van der Waals surface area contributed by atoms with E-state index in [0.717, 1.165) is 11.3 Å². The van der Waals surface area contributed by atoms with E-state index in [9.17, 15) is 14.0 Å². The number of nitrogens with zero attached hydrogens (tertiary/aromatic N) is 2. The van der Waals surface area contributed by atoms with E-state index in [4.69, 9.17) is 11.6 Å². The van der Waals surface area contributed by atoms with E-state index in [1.807, 2.05) is 31.2 Å². The molecule has 1 aliphatic rings. The van der Waals surface area contributed by atoms with Crippen molar-refractivity contribution in [1.29, 1.82) is 0 Å². The summed E-state index contributed by atoms with van der Waals surface area (Å²) in [6.07, 6.45) is 0. The Morgan fingerprint density at radius 2 is 1.83 bits per heavy atom. The van der Waals surface area contributed by atoms with E-state index < -0.39 is 17.6 Å². The maximum atomic E-state index is 13.1. The Kier molecular flexibility index (Phi) is 4.53. The molecule has 1 aliphatic heterocycles. The largest absolute Gasteiger partial charge is 0.328 e. The fourth-order valence-electron chi connectivity index (χ4n) is 2.78. The lowest BCUT2D eigenvalue weighted by Gasteiger charge is -2.34. The second kappa shape index (κ2) is 6.61. The minimum atomic E-state index is -0.579. The van der Waals surface area contributed by atoms with Gasteiger partial charge in [0.2, 0.25) is 0 Å². The third-order valence-electron chi connectivity index (χ3n) is 4.09. The number of anilines is 1. The lowest BCUT2D eigenvalue weighted by molar-refractivity contribution is -0.146. The molecule has 1 fully saturated rings. The Bertz CT molecular complexity index is 809. The molecular weight excluding hydrogens is 331 g/mol. The number of para-hydroxylation sites is 1. The highest BCUT2D eigenvalue weighted by molar-refractivity contribution is 6.41. The van der Waals surface area contributed by atoms with Gasteiger partial charge in [0, 0.05) is 30.3 Å². The Labute approximate surface area is 144 Å². The zero-order chi connectivity index (χ0) is 17.3. The molecule has 0 saturated carbocycles. The highest BCUT2D eigenvalue weighted by Crippen LogP contribution is 2.24. The molecule has 0 bridgehead atoms. The van der Waals surface area contributed by atoms with Crippen molar-refractivity contribution in [3.63, 3.8) is 0 Å². The SMILES string of the molecule is Cc1ccccc1N1CCN(Cc2ccc(F)cc2Cl)C(=O)C1=O. The smallest absolute Gasteiger partial charge is 0.316 e. The first-order valence-electron chi connectivity index (χ1n) is 7.57. The number of benzene rings is 2. The molecule has 2 amide bonds. The van der Waals surface area contributed by atoms with Gasteiger partial charge in [-0.1, -0.05) is 35.9 Å². The predicted molar refractivity (Wildman–Crippen MR) is 90.4 cm³/mol. The van der Waals surface area contributed by atoms with E-state index in [0.29, 0.717) is 18.7 Å². The van der Waals surface area contributed by atoms with Crippen LogP contribution < -0.4 is 4.90 Å².